The van der Waals surface area contributed by atoms with Crippen LogP contribution >= 0.6 is 0 Å². The first kappa shape index (κ1) is 19.2. The fourth-order valence-electron chi connectivity index (χ4n) is 2.95. The molecule has 4 N–H and O–H groups in total. The van der Waals surface area contributed by atoms with Gasteiger partial charge < -0.3 is 25.4 Å². The molecule has 1 atom stereocenters. The summed E-state index contributed by atoms with van der Waals surface area (Å²) in [6.07, 6.45) is 3.62. The molecule has 3 rings (SSSR count). The second-order valence-corrected chi connectivity index (χ2v) is 6.34. The predicted octanol–water partition coefficient (Wildman–Crippen LogP) is 1.35. The van der Waals surface area contributed by atoms with E-state index < -0.39 is 6.04 Å². The number of nitrogens with one attached hydrogen (secondary N) is 4. The summed E-state index contributed by atoms with van der Waals surface area (Å²) in [5.41, 5.74) is 1.91. The van der Waals surface area contributed by atoms with Crippen molar-refractivity contribution in [3.8, 4) is 0 Å². The number of furan rings is 1. The lowest BCUT2D eigenvalue weighted by Crippen LogP contribution is -2.48. The molecule has 28 heavy (non-hydrogen) atoms. The first-order chi connectivity index (χ1) is 13.5. The minimum Gasteiger partial charge on any atom is -0.459 e. The van der Waals surface area contributed by atoms with E-state index in [0.29, 0.717) is 6.42 Å². The zero-order chi connectivity index (χ0) is 19.9. The standard InChI is InChI=1S/C20H22N4O4/c1-13(25)24-17(11-14-12-23-16-6-3-2-5-15(14)16)19(26)21-8-9-22-20(27)18-7-4-10-28-18/h2-7,10,12,17,23H,8-9,11H2,1H3,(H,21,26)(H,22,27)(H,24,25). The number of benzene rings is 1. The summed E-state index contributed by atoms with van der Waals surface area (Å²) >= 11 is 0. The van der Waals surface area contributed by atoms with Crippen molar-refractivity contribution >= 4 is 28.6 Å². The molecule has 8 heteroatoms. The van der Waals surface area contributed by atoms with Crippen molar-refractivity contribution in [2.24, 2.45) is 0 Å². The van der Waals surface area contributed by atoms with Gasteiger partial charge in [-0.05, 0) is 23.8 Å². The van der Waals surface area contributed by atoms with E-state index >= 15 is 0 Å². The Morgan fingerprint density at radius 1 is 1.07 bits per heavy atom. The van der Waals surface area contributed by atoms with E-state index in [1.54, 1.807) is 12.1 Å². The lowest BCUT2D eigenvalue weighted by atomic mass is 10.0. The number of H-pyrrole nitrogens is 1. The van der Waals surface area contributed by atoms with Crippen LogP contribution in [-0.4, -0.2) is 41.8 Å². The van der Waals surface area contributed by atoms with Gasteiger partial charge in [-0.3, -0.25) is 14.4 Å². The molecule has 146 valence electrons. The second kappa shape index (κ2) is 8.90. The molecule has 0 saturated carbocycles. The van der Waals surface area contributed by atoms with Gasteiger partial charge in [0.2, 0.25) is 11.8 Å². The fraction of sp³-hybridized carbons (Fsp3) is 0.250. The molecule has 0 saturated heterocycles. The minimum atomic E-state index is -0.711. The molecule has 3 aromatic rings. The number of aromatic amines is 1. The third kappa shape index (κ3) is 4.79. The molecule has 2 aromatic heterocycles. The molecule has 0 aliphatic heterocycles. The molecule has 2 heterocycles. The Bertz CT molecular complexity index is 962. The van der Waals surface area contributed by atoms with E-state index in [1.807, 2.05) is 30.5 Å². The first-order valence-electron chi connectivity index (χ1n) is 8.96. The van der Waals surface area contributed by atoms with Crippen molar-refractivity contribution in [3.63, 3.8) is 0 Å². The number of hydrogen-bond donors (Lipinski definition) is 4. The van der Waals surface area contributed by atoms with Crippen molar-refractivity contribution in [1.29, 1.82) is 0 Å². The number of carbonyl (C=O) groups excluding carboxylic acids is 3. The second-order valence-electron chi connectivity index (χ2n) is 6.34. The Morgan fingerprint density at radius 2 is 1.86 bits per heavy atom. The number of amides is 3. The van der Waals surface area contributed by atoms with Gasteiger partial charge in [-0.15, -0.1) is 0 Å². The van der Waals surface area contributed by atoms with E-state index in [1.165, 1.54) is 13.2 Å². The number of carbonyl (C=O) groups is 3. The molecule has 1 unspecified atom stereocenters. The highest BCUT2D eigenvalue weighted by Crippen LogP contribution is 2.19. The van der Waals surface area contributed by atoms with Gasteiger partial charge in [0.1, 0.15) is 6.04 Å². The van der Waals surface area contributed by atoms with Crippen LogP contribution in [0.25, 0.3) is 10.9 Å². The molecule has 0 aliphatic rings. The van der Waals surface area contributed by atoms with E-state index in [2.05, 4.69) is 20.9 Å². The number of para-hydroxylation sites is 1. The maximum Gasteiger partial charge on any atom is 0.287 e. The van der Waals surface area contributed by atoms with Gasteiger partial charge in [-0.2, -0.15) is 0 Å². The van der Waals surface area contributed by atoms with Crippen molar-refractivity contribution < 1.29 is 18.8 Å². The fourth-order valence-corrected chi connectivity index (χ4v) is 2.95. The van der Waals surface area contributed by atoms with Crippen LogP contribution in [0.15, 0.2) is 53.3 Å². The summed E-state index contributed by atoms with van der Waals surface area (Å²) in [5, 5.41) is 9.09. The molecule has 3 amide bonds. The van der Waals surface area contributed by atoms with Gasteiger partial charge in [0.15, 0.2) is 5.76 Å². The topological polar surface area (TPSA) is 116 Å². The van der Waals surface area contributed by atoms with Gasteiger partial charge in [-0.1, -0.05) is 18.2 Å². The van der Waals surface area contributed by atoms with Gasteiger partial charge in [0.25, 0.3) is 5.91 Å². The summed E-state index contributed by atoms with van der Waals surface area (Å²) in [6, 6.07) is 10.2. The monoisotopic (exact) mass is 382 g/mol. The van der Waals surface area contributed by atoms with E-state index in [4.69, 9.17) is 4.42 Å². The summed E-state index contributed by atoms with van der Waals surface area (Å²) in [5.74, 6) is -0.739. The third-order valence-corrected chi connectivity index (χ3v) is 4.25. The quantitative estimate of drug-likeness (QED) is 0.440. The Kier molecular flexibility index (Phi) is 6.11. The van der Waals surface area contributed by atoms with Crippen LogP contribution in [0.2, 0.25) is 0 Å². The average molecular weight is 382 g/mol. The van der Waals surface area contributed by atoms with Gasteiger partial charge in [-0.25, -0.2) is 0 Å². The highest BCUT2D eigenvalue weighted by Gasteiger charge is 2.21. The Hall–Kier alpha value is -3.55. The lowest BCUT2D eigenvalue weighted by Gasteiger charge is -2.17. The molecule has 0 fully saturated rings. The Balaban J connectivity index is 1.55. The summed E-state index contributed by atoms with van der Waals surface area (Å²) in [7, 11) is 0. The third-order valence-electron chi connectivity index (χ3n) is 4.25. The molecule has 8 nitrogen and oxygen atoms in total. The van der Waals surface area contributed by atoms with Crippen LogP contribution in [-0.2, 0) is 16.0 Å². The van der Waals surface area contributed by atoms with Crippen molar-refractivity contribution in [2.45, 2.75) is 19.4 Å². The SMILES string of the molecule is CC(=O)NC(Cc1c[nH]c2ccccc12)C(=O)NCCNC(=O)c1ccco1. The van der Waals surface area contributed by atoms with E-state index in [0.717, 1.165) is 16.5 Å². The summed E-state index contributed by atoms with van der Waals surface area (Å²) in [6.45, 7) is 1.85. The van der Waals surface area contributed by atoms with Crippen LogP contribution in [0.3, 0.4) is 0 Å². The molecule has 0 aliphatic carbocycles. The van der Waals surface area contributed by atoms with Crippen molar-refractivity contribution in [2.75, 3.05) is 13.1 Å². The maximum absolute atomic E-state index is 12.5. The molecule has 0 bridgehead atoms. The number of fused-ring (bicyclic) bond motifs is 1. The van der Waals surface area contributed by atoms with Crippen molar-refractivity contribution in [3.05, 3.63) is 60.2 Å². The normalized spacial score (nSPS) is 11.8. The summed E-state index contributed by atoms with van der Waals surface area (Å²) in [4.78, 5) is 39.0. The largest absolute Gasteiger partial charge is 0.459 e. The number of rotatable bonds is 8. The lowest BCUT2D eigenvalue weighted by molar-refractivity contribution is -0.128. The highest BCUT2D eigenvalue weighted by atomic mass is 16.3. The molecular weight excluding hydrogens is 360 g/mol. The Morgan fingerprint density at radius 3 is 2.61 bits per heavy atom. The van der Waals surface area contributed by atoms with Crippen LogP contribution in [0, 0.1) is 0 Å². The molecule has 0 spiro atoms. The zero-order valence-electron chi connectivity index (χ0n) is 15.5. The molecule has 0 radical (unpaired) electrons. The minimum absolute atomic E-state index is 0.210. The summed E-state index contributed by atoms with van der Waals surface area (Å²) < 4.78 is 5.00. The van der Waals surface area contributed by atoms with Crippen LogP contribution in [0.4, 0.5) is 0 Å². The zero-order valence-corrected chi connectivity index (χ0v) is 15.5. The first-order valence-corrected chi connectivity index (χ1v) is 8.96. The van der Waals surface area contributed by atoms with Gasteiger partial charge >= 0.3 is 0 Å². The van der Waals surface area contributed by atoms with Crippen LogP contribution in [0.5, 0.6) is 0 Å². The number of hydrogen-bond acceptors (Lipinski definition) is 4. The molecular formula is C20H22N4O4. The van der Waals surface area contributed by atoms with Crippen LogP contribution < -0.4 is 16.0 Å². The predicted molar refractivity (Wildman–Crippen MR) is 104 cm³/mol. The molecule has 1 aromatic carbocycles. The maximum atomic E-state index is 12.5. The smallest absolute Gasteiger partial charge is 0.287 e. The van der Waals surface area contributed by atoms with Crippen LogP contribution in [0.1, 0.15) is 23.0 Å². The van der Waals surface area contributed by atoms with Gasteiger partial charge in [0, 0.05) is 43.5 Å². The van der Waals surface area contributed by atoms with E-state index in [-0.39, 0.29) is 36.6 Å². The average Bonchev–Trinajstić information content (AvgIpc) is 3.34. The van der Waals surface area contributed by atoms with Crippen molar-refractivity contribution in [1.82, 2.24) is 20.9 Å². The number of aromatic nitrogens is 1. The van der Waals surface area contributed by atoms with E-state index in [9.17, 15) is 14.4 Å². The van der Waals surface area contributed by atoms with Gasteiger partial charge in [0.05, 0.1) is 6.26 Å². The highest BCUT2D eigenvalue weighted by molar-refractivity contribution is 5.91. The Labute approximate surface area is 161 Å².